The van der Waals surface area contributed by atoms with Crippen LogP contribution in [0, 0.1) is 0 Å². The summed E-state index contributed by atoms with van der Waals surface area (Å²) in [6, 6.07) is 7.55. The predicted octanol–water partition coefficient (Wildman–Crippen LogP) is 3.83. The predicted molar refractivity (Wildman–Crippen MR) is 81.8 cm³/mol. The molecule has 2 aromatic rings. The quantitative estimate of drug-likeness (QED) is 0.898. The second-order valence-electron chi connectivity index (χ2n) is 4.78. The van der Waals surface area contributed by atoms with Gasteiger partial charge in [-0.15, -0.1) is 11.3 Å². The van der Waals surface area contributed by atoms with Gasteiger partial charge in [-0.1, -0.05) is 13.8 Å². The van der Waals surface area contributed by atoms with Gasteiger partial charge in [0.05, 0.1) is 12.8 Å². The van der Waals surface area contributed by atoms with E-state index in [0.717, 1.165) is 21.8 Å². The first kappa shape index (κ1) is 14.4. The number of rotatable bonds is 4. The first-order valence-corrected chi connectivity index (χ1v) is 7.07. The number of hydrogen-bond acceptors (Lipinski definition) is 4. The van der Waals surface area contributed by atoms with Crippen LogP contribution in [-0.2, 0) is 0 Å². The highest BCUT2D eigenvalue weighted by atomic mass is 32.1. The first-order chi connectivity index (χ1) is 9.45. The summed E-state index contributed by atoms with van der Waals surface area (Å²) in [6.07, 6.45) is 0. The molecule has 3 N–H and O–H groups in total. The third kappa shape index (κ3) is 2.49. The van der Waals surface area contributed by atoms with Gasteiger partial charge in [-0.2, -0.15) is 0 Å². The molecule has 0 spiro atoms. The Balaban J connectivity index is 2.59. The van der Waals surface area contributed by atoms with Gasteiger partial charge >= 0.3 is 5.97 Å². The number of thiophene rings is 1. The topological polar surface area (TPSA) is 72.5 Å². The third-order valence-electron chi connectivity index (χ3n) is 3.11. The summed E-state index contributed by atoms with van der Waals surface area (Å²) < 4.78 is 5.13. The van der Waals surface area contributed by atoms with Gasteiger partial charge in [-0.05, 0) is 41.3 Å². The van der Waals surface area contributed by atoms with Crippen molar-refractivity contribution in [3.63, 3.8) is 0 Å². The number of ether oxygens (including phenoxy) is 1. The Kier molecular flexibility index (Phi) is 3.99. The molecular formula is C15H17NO3S. The van der Waals surface area contributed by atoms with Crippen molar-refractivity contribution in [1.29, 1.82) is 0 Å². The molecule has 106 valence electrons. The van der Waals surface area contributed by atoms with E-state index in [1.165, 1.54) is 11.3 Å². The Labute approximate surface area is 121 Å². The van der Waals surface area contributed by atoms with E-state index in [2.05, 4.69) is 0 Å². The van der Waals surface area contributed by atoms with Crippen molar-refractivity contribution in [1.82, 2.24) is 0 Å². The van der Waals surface area contributed by atoms with Crippen LogP contribution >= 0.6 is 11.3 Å². The Morgan fingerprint density at radius 1 is 1.30 bits per heavy atom. The Morgan fingerprint density at radius 3 is 2.35 bits per heavy atom. The molecule has 0 aliphatic rings. The lowest BCUT2D eigenvalue weighted by Crippen LogP contribution is -2.00. The monoisotopic (exact) mass is 291 g/mol. The SMILES string of the molecule is COc1ccc(-c2sc(C(=O)O)c(N)c2C(C)C)cc1. The lowest BCUT2D eigenvalue weighted by molar-refractivity contribution is 0.0703. The molecule has 0 radical (unpaired) electrons. The molecule has 0 saturated heterocycles. The third-order valence-corrected chi connectivity index (χ3v) is 4.37. The second-order valence-corrected chi connectivity index (χ2v) is 5.80. The fourth-order valence-corrected chi connectivity index (χ4v) is 3.37. The highest BCUT2D eigenvalue weighted by Crippen LogP contribution is 2.42. The van der Waals surface area contributed by atoms with Crippen LogP contribution in [0.25, 0.3) is 10.4 Å². The molecule has 5 heteroatoms. The lowest BCUT2D eigenvalue weighted by Gasteiger charge is -2.09. The van der Waals surface area contributed by atoms with Crippen molar-refractivity contribution in [3.8, 4) is 16.2 Å². The van der Waals surface area contributed by atoms with Gasteiger partial charge in [0.2, 0.25) is 0 Å². The van der Waals surface area contributed by atoms with Crippen LogP contribution in [0.3, 0.4) is 0 Å². The first-order valence-electron chi connectivity index (χ1n) is 6.25. The van der Waals surface area contributed by atoms with E-state index in [1.54, 1.807) is 7.11 Å². The molecule has 2 rings (SSSR count). The minimum absolute atomic E-state index is 0.163. The number of carbonyl (C=O) groups is 1. The molecule has 4 nitrogen and oxygen atoms in total. The summed E-state index contributed by atoms with van der Waals surface area (Å²) in [4.78, 5) is 12.4. The maximum atomic E-state index is 11.3. The van der Waals surface area contributed by atoms with Gasteiger partial charge in [0.1, 0.15) is 10.6 Å². The standard InChI is InChI=1S/C15H17NO3S/c1-8(2)11-12(16)14(15(17)18)20-13(11)9-4-6-10(19-3)7-5-9/h4-8H,16H2,1-3H3,(H,17,18). The van der Waals surface area contributed by atoms with E-state index in [-0.39, 0.29) is 10.8 Å². The van der Waals surface area contributed by atoms with Gasteiger partial charge in [0.15, 0.2) is 0 Å². The van der Waals surface area contributed by atoms with Gasteiger partial charge in [-0.25, -0.2) is 4.79 Å². The number of anilines is 1. The average molecular weight is 291 g/mol. The zero-order chi connectivity index (χ0) is 14.9. The number of nitrogen functional groups attached to an aromatic ring is 1. The van der Waals surface area contributed by atoms with E-state index in [1.807, 2.05) is 38.1 Å². The molecule has 1 heterocycles. The molecule has 1 aromatic carbocycles. The molecular weight excluding hydrogens is 274 g/mol. The number of methoxy groups -OCH3 is 1. The summed E-state index contributed by atoms with van der Waals surface area (Å²) in [5, 5.41) is 9.22. The van der Waals surface area contributed by atoms with Crippen LogP contribution in [-0.4, -0.2) is 18.2 Å². The summed E-state index contributed by atoms with van der Waals surface area (Å²) in [5.41, 5.74) is 8.24. The molecule has 0 bridgehead atoms. The van der Waals surface area contributed by atoms with Crippen molar-refractivity contribution in [3.05, 3.63) is 34.7 Å². The molecule has 0 amide bonds. The Hall–Kier alpha value is -2.01. The molecule has 20 heavy (non-hydrogen) atoms. The number of hydrogen-bond donors (Lipinski definition) is 2. The summed E-state index contributed by atoms with van der Waals surface area (Å²) in [7, 11) is 1.61. The Morgan fingerprint density at radius 2 is 1.90 bits per heavy atom. The van der Waals surface area contributed by atoms with E-state index in [4.69, 9.17) is 10.5 Å². The number of carboxylic acids is 1. The largest absolute Gasteiger partial charge is 0.497 e. The van der Waals surface area contributed by atoms with Crippen molar-refractivity contribution < 1.29 is 14.6 Å². The van der Waals surface area contributed by atoms with Crippen molar-refractivity contribution >= 4 is 23.0 Å². The van der Waals surface area contributed by atoms with Crippen LogP contribution in [0.1, 0.15) is 35.0 Å². The minimum atomic E-state index is -0.978. The molecule has 0 aliphatic carbocycles. The van der Waals surface area contributed by atoms with Gasteiger partial charge in [-0.3, -0.25) is 0 Å². The Bertz CT molecular complexity index is 629. The molecule has 0 atom stereocenters. The van der Waals surface area contributed by atoms with E-state index in [0.29, 0.717) is 5.69 Å². The zero-order valence-corrected chi connectivity index (χ0v) is 12.5. The molecule has 1 aromatic heterocycles. The number of nitrogens with two attached hydrogens (primary N) is 1. The van der Waals surface area contributed by atoms with Crippen LogP contribution < -0.4 is 10.5 Å². The van der Waals surface area contributed by atoms with Gasteiger partial charge in [0.25, 0.3) is 0 Å². The van der Waals surface area contributed by atoms with E-state index < -0.39 is 5.97 Å². The fraction of sp³-hybridized carbons (Fsp3) is 0.267. The number of carboxylic acid groups (broad SMARTS) is 1. The minimum Gasteiger partial charge on any atom is -0.497 e. The molecule has 0 fully saturated rings. The van der Waals surface area contributed by atoms with Gasteiger partial charge in [0, 0.05) is 4.88 Å². The summed E-state index contributed by atoms with van der Waals surface area (Å²) in [6.45, 7) is 4.02. The van der Waals surface area contributed by atoms with Crippen LogP contribution in [0.2, 0.25) is 0 Å². The number of benzene rings is 1. The fourth-order valence-electron chi connectivity index (χ4n) is 2.15. The smallest absolute Gasteiger partial charge is 0.348 e. The lowest BCUT2D eigenvalue weighted by atomic mass is 9.98. The van der Waals surface area contributed by atoms with E-state index >= 15 is 0 Å². The van der Waals surface area contributed by atoms with E-state index in [9.17, 15) is 9.90 Å². The second kappa shape index (κ2) is 5.54. The van der Waals surface area contributed by atoms with Crippen LogP contribution in [0.5, 0.6) is 5.75 Å². The van der Waals surface area contributed by atoms with Crippen molar-refractivity contribution in [2.75, 3.05) is 12.8 Å². The normalized spacial score (nSPS) is 10.8. The number of aromatic carboxylic acids is 1. The van der Waals surface area contributed by atoms with Crippen molar-refractivity contribution in [2.45, 2.75) is 19.8 Å². The maximum absolute atomic E-state index is 11.3. The summed E-state index contributed by atoms with van der Waals surface area (Å²) in [5.74, 6) is -0.0477. The highest BCUT2D eigenvalue weighted by Gasteiger charge is 2.23. The molecule has 0 aliphatic heterocycles. The van der Waals surface area contributed by atoms with Crippen LogP contribution in [0.15, 0.2) is 24.3 Å². The van der Waals surface area contributed by atoms with Gasteiger partial charge < -0.3 is 15.6 Å². The zero-order valence-electron chi connectivity index (χ0n) is 11.6. The average Bonchev–Trinajstić information content (AvgIpc) is 2.76. The maximum Gasteiger partial charge on any atom is 0.348 e. The molecule has 0 unspecified atom stereocenters. The van der Waals surface area contributed by atoms with Crippen LogP contribution in [0.4, 0.5) is 5.69 Å². The highest BCUT2D eigenvalue weighted by molar-refractivity contribution is 7.18. The van der Waals surface area contributed by atoms with Crippen molar-refractivity contribution in [2.24, 2.45) is 0 Å². The summed E-state index contributed by atoms with van der Waals surface area (Å²) >= 11 is 1.22. The molecule has 0 saturated carbocycles.